The molecule has 17 heavy (non-hydrogen) atoms. The highest BCUT2D eigenvalue weighted by Crippen LogP contribution is 2.17. The molecule has 0 fully saturated rings. The molecular formula is C8H14N4O5. The third-order valence-corrected chi connectivity index (χ3v) is 1.91. The van der Waals surface area contributed by atoms with Crippen molar-refractivity contribution in [2.45, 2.75) is 12.0 Å². The van der Waals surface area contributed by atoms with Crippen molar-refractivity contribution >= 4 is 23.6 Å². The van der Waals surface area contributed by atoms with Crippen LogP contribution in [0.4, 0.5) is 0 Å². The van der Waals surface area contributed by atoms with Crippen LogP contribution in [0.2, 0.25) is 0 Å². The van der Waals surface area contributed by atoms with Gasteiger partial charge < -0.3 is 27.7 Å². The van der Waals surface area contributed by atoms with Gasteiger partial charge in [0.05, 0.1) is 19.5 Å². The third kappa shape index (κ3) is 3.50. The Morgan fingerprint density at radius 3 is 1.82 bits per heavy atom. The lowest BCUT2D eigenvalue weighted by Gasteiger charge is -2.27. The van der Waals surface area contributed by atoms with Crippen LogP contribution in [0.3, 0.4) is 0 Å². The average Bonchev–Trinajstić information content (AvgIpc) is 2.25. The summed E-state index contributed by atoms with van der Waals surface area (Å²) < 4.78 is 4.54. The van der Waals surface area contributed by atoms with Crippen LogP contribution < -0.4 is 22.9 Å². The standard InChI is InChI=1S/C8H14N4O5/c9-2-4(13)8(7(12)16,1-5(11)14)17-6(15)3-10/h1-3,9-10H2,(H2,11,14)(H2,12,16). The number of rotatable bonds is 7. The van der Waals surface area contributed by atoms with Crippen molar-refractivity contribution in [1.82, 2.24) is 0 Å². The summed E-state index contributed by atoms with van der Waals surface area (Å²) in [5, 5.41) is 0. The number of nitrogens with two attached hydrogens (primary N) is 4. The van der Waals surface area contributed by atoms with Gasteiger partial charge in [0.15, 0.2) is 5.78 Å². The van der Waals surface area contributed by atoms with E-state index in [1.807, 2.05) is 0 Å². The molecule has 2 amide bonds. The minimum absolute atomic E-state index is 0.592. The molecule has 0 radical (unpaired) electrons. The van der Waals surface area contributed by atoms with Gasteiger partial charge in [-0.1, -0.05) is 0 Å². The molecule has 0 saturated heterocycles. The first-order chi connectivity index (χ1) is 7.80. The molecule has 0 aliphatic heterocycles. The smallest absolute Gasteiger partial charge is 0.321 e. The summed E-state index contributed by atoms with van der Waals surface area (Å²) in [6, 6.07) is 0. The van der Waals surface area contributed by atoms with Crippen LogP contribution in [0, 0.1) is 0 Å². The number of amides is 2. The molecule has 0 aliphatic carbocycles. The molecule has 9 heteroatoms. The van der Waals surface area contributed by atoms with Crippen molar-refractivity contribution in [2.75, 3.05) is 13.1 Å². The van der Waals surface area contributed by atoms with Crippen molar-refractivity contribution < 1.29 is 23.9 Å². The summed E-state index contributed by atoms with van der Waals surface area (Å²) >= 11 is 0. The van der Waals surface area contributed by atoms with Crippen LogP contribution in [-0.4, -0.2) is 42.3 Å². The predicted molar refractivity (Wildman–Crippen MR) is 54.9 cm³/mol. The van der Waals surface area contributed by atoms with E-state index in [1.165, 1.54) is 0 Å². The van der Waals surface area contributed by atoms with E-state index in [2.05, 4.69) is 4.74 Å². The Morgan fingerprint density at radius 1 is 1.00 bits per heavy atom. The molecule has 1 atom stereocenters. The Kier molecular flexibility index (Phi) is 5.22. The van der Waals surface area contributed by atoms with Gasteiger partial charge in [-0.15, -0.1) is 0 Å². The molecule has 96 valence electrons. The summed E-state index contributed by atoms with van der Waals surface area (Å²) in [5.41, 5.74) is 17.4. The molecule has 0 aromatic rings. The molecule has 0 aliphatic rings. The quantitative estimate of drug-likeness (QED) is 0.261. The zero-order valence-electron chi connectivity index (χ0n) is 8.97. The molecule has 0 saturated carbocycles. The van der Waals surface area contributed by atoms with Gasteiger partial charge in [0.1, 0.15) is 0 Å². The Balaban J connectivity index is 5.39. The molecule has 0 heterocycles. The first kappa shape index (κ1) is 15.0. The van der Waals surface area contributed by atoms with Crippen molar-refractivity contribution in [3.8, 4) is 0 Å². The van der Waals surface area contributed by atoms with E-state index in [9.17, 15) is 19.2 Å². The molecule has 0 spiro atoms. The Hall–Kier alpha value is -2.00. The largest absolute Gasteiger partial charge is 0.439 e. The highest BCUT2D eigenvalue weighted by Gasteiger charge is 2.48. The summed E-state index contributed by atoms with van der Waals surface area (Å²) in [4.78, 5) is 44.6. The Bertz CT molecular complexity index is 356. The minimum atomic E-state index is -2.48. The number of hydrogen-bond acceptors (Lipinski definition) is 7. The van der Waals surface area contributed by atoms with Gasteiger partial charge in [-0.25, -0.2) is 0 Å². The summed E-state index contributed by atoms with van der Waals surface area (Å²) in [7, 11) is 0. The molecule has 0 aromatic carbocycles. The maximum absolute atomic E-state index is 11.5. The van der Waals surface area contributed by atoms with Gasteiger partial charge in [-0.2, -0.15) is 0 Å². The van der Waals surface area contributed by atoms with Crippen LogP contribution in [0.15, 0.2) is 0 Å². The monoisotopic (exact) mass is 246 g/mol. The fourth-order valence-corrected chi connectivity index (χ4v) is 1.11. The maximum Gasteiger partial charge on any atom is 0.321 e. The zero-order valence-corrected chi connectivity index (χ0v) is 8.97. The van der Waals surface area contributed by atoms with Crippen molar-refractivity contribution in [3.63, 3.8) is 0 Å². The van der Waals surface area contributed by atoms with Gasteiger partial charge in [0, 0.05) is 0 Å². The SMILES string of the molecule is NCC(=O)OC(CC(N)=O)(C(N)=O)C(=O)CN. The molecule has 8 N–H and O–H groups in total. The Labute approximate surface area is 96.4 Å². The zero-order chi connectivity index (χ0) is 13.6. The average molecular weight is 246 g/mol. The van der Waals surface area contributed by atoms with E-state index in [0.29, 0.717) is 0 Å². The third-order valence-electron chi connectivity index (χ3n) is 1.91. The number of Topliss-reactive ketones (excluding diaryl/α,β-unsaturated/α-hetero) is 1. The van der Waals surface area contributed by atoms with Gasteiger partial charge in [0.2, 0.25) is 5.91 Å². The number of carbonyl (C=O) groups is 4. The van der Waals surface area contributed by atoms with Crippen LogP contribution in [-0.2, 0) is 23.9 Å². The van der Waals surface area contributed by atoms with Crippen LogP contribution in [0.5, 0.6) is 0 Å². The number of ether oxygens (including phenoxy) is 1. The van der Waals surface area contributed by atoms with E-state index in [0.717, 1.165) is 0 Å². The Morgan fingerprint density at radius 2 is 1.53 bits per heavy atom. The van der Waals surface area contributed by atoms with Gasteiger partial charge in [-0.3, -0.25) is 19.2 Å². The minimum Gasteiger partial charge on any atom is -0.439 e. The summed E-state index contributed by atoms with van der Waals surface area (Å²) in [5.74, 6) is -4.47. The van der Waals surface area contributed by atoms with Crippen LogP contribution >= 0.6 is 0 Å². The molecular weight excluding hydrogens is 232 g/mol. The normalized spacial score (nSPS) is 13.5. The fourth-order valence-electron chi connectivity index (χ4n) is 1.11. The lowest BCUT2D eigenvalue weighted by Crippen LogP contribution is -2.58. The van der Waals surface area contributed by atoms with Crippen molar-refractivity contribution in [2.24, 2.45) is 22.9 Å². The van der Waals surface area contributed by atoms with Crippen LogP contribution in [0.25, 0.3) is 0 Å². The van der Waals surface area contributed by atoms with E-state index in [-0.39, 0.29) is 0 Å². The van der Waals surface area contributed by atoms with Crippen molar-refractivity contribution in [3.05, 3.63) is 0 Å². The molecule has 9 nitrogen and oxygen atoms in total. The first-order valence-corrected chi connectivity index (χ1v) is 4.53. The van der Waals surface area contributed by atoms with Gasteiger partial charge >= 0.3 is 5.97 Å². The second-order valence-electron chi connectivity index (χ2n) is 3.14. The predicted octanol–water partition coefficient (Wildman–Crippen LogP) is -3.88. The number of ketones is 1. The first-order valence-electron chi connectivity index (χ1n) is 4.53. The molecule has 0 aromatic heterocycles. The highest BCUT2D eigenvalue weighted by atomic mass is 16.6. The number of esters is 1. The molecule has 1 unspecified atom stereocenters. The van der Waals surface area contributed by atoms with Gasteiger partial charge in [-0.05, 0) is 0 Å². The topological polar surface area (TPSA) is 182 Å². The molecule has 0 rings (SSSR count). The van der Waals surface area contributed by atoms with E-state index >= 15 is 0 Å². The van der Waals surface area contributed by atoms with E-state index in [4.69, 9.17) is 22.9 Å². The molecule has 0 bridgehead atoms. The van der Waals surface area contributed by atoms with E-state index in [1.54, 1.807) is 0 Å². The summed E-state index contributed by atoms with van der Waals surface area (Å²) in [6.07, 6.45) is -0.871. The fraction of sp³-hybridized carbons (Fsp3) is 0.500. The second-order valence-corrected chi connectivity index (χ2v) is 3.14. The second kappa shape index (κ2) is 5.92. The highest BCUT2D eigenvalue weighted by molar-refractivity contribution is 6.13. The number of primary amides is 2. The number of carbonyl (C=O) groups excluding carboxylic acids is 4. The lowest BCUT2D eigenvalue weighted by molar-refractivity contribution is -0.173. The van der Waals surface area contributed by atoms with Gasteiger partial charge in [0.25, 0.3) is 11.5 Å². The van der Waals surface area contributed by atoms with Crippen LogP contribution in [0.1, 0.15) is 6.42 Å². The van der Waals surface area contributed by atoms with Crippen molar-refractivity contribution in [1.29, 1.82) is 0 Å². The maximum atomic E-state index is 11.5. The van der Waals surface area contributed by atoms with E-state index < -0.39 is 48.7 Å². The summed E-state index contributed by atoms with van der Waals surface area (Å²) in [6.45, 7) is -1.24. The number of hydrogen-bond donors (Lipinski definition) is 4. The lowest BCUT2D eigenvalue weighted by atomic mass is 9.92.